The maximum Gasteiger partial charge on any atom is 0.122 e. The third-order valence-corrected chi connectivity index (χ3v) is 4.55. The second kappa shape index (κ2) is 8.37. The summed E-state index contributed by atoms with van der Waals surface area (Å²) in [5, 5.41) is 10.4. The van der Waals surface area contributed by atoms with Crippen LogP contribution in [0.2, 0.25) is 0 Å². The Hall–Kier alpha value is -2.04. The number of ether oxygens (including phenoxy) is 2. The van der Waals surface area contributed by atoms with Crippen LogP contribution in [0, 0.1) is 6.92 Å². The lowest BCUT2D eigenvalue weighted by Gasteiger charge is -2.25. The number of rotatable bonds is 9. The van der Waals surface area contributed by atoms with Gasteiger partial charge in [-0.2, -0.15) is 0 Å². The molecular formula is C21H27NO3. The van der Waals surface area contributed by atoms with Crippen molar-refractivity contribution in [2.75, 3.05) is 20.3 Å². The summed E-state index contributed by atoms with van der Waals surface area (Å²) in [6.07, 6.45) is 1.90. The van der Waals surface area contributed by atoms with Crippen molar-refractivity contribution in [3.05, 3.63) is 59.7 Å². The lowest BCUT2D eigenvalue weighted by Crippen LogP contribution is -2.36. The highest BCUT2D eigenvalue weighted by molar-refractivity contribution is 5.31. The highest BCUT2D eigenvalue weighted by Crippen LogP contribution is 2.29. The van der Waals surface area contributed by atoms with E-state index in [4.69, 9.17) is 9.47 Å². The first-order chi connectivity index (χ1) is 12.2. The number of aryl methyl sites for hydroxylation is 1. The fourth-order valence-electron chi connectivity index (χ4n) is 3.02. The van der Waals surface area contributed by atoms with Crippen molar-refractivity contribution in [2.24, 2.45) is 0 Å². The zero-order chi connectivity index (χ0) is 17.6. The predicted molar refractivity (Wildman–Crippen MR) is 99.1 cm³/mol. The van der Waals surface area contributed by atoms with E-state index >= 15 is 0 Å². The van der Waals surface area contributed by atoms with Crippen LogP contribution in [0.15, 0.2) is 48.5 Å². The normalized spacial score (nSPS) is 15.2. The molecule has 1 aliphatic rings. The van der Waals surface area contributed by atoms with Gasteiger partial charge in [0.05, 0.1) is 7.11 Å². The van der Waals surface area contributed by atoms with E-state index in [1.165, 1.54) is 18.4 Å². The van der Waals surface area contributed by atoms with Crippen LogP contribution in [-0.2, 0) is 6.54 Å². The molecule has 2 aromatic carbocycles. The van der Waals surface area contributed by atoms with Crippen LogP contribution >= 0.6 is 0 Å². The van der Waals surface area contributed by atoms with Crippen molar-refractivity contribution in [2.45, 2.75) is 38.5 Å². The molecule has 4 nitrogen and oxygen atoms in total. The van der Waals surface area contributed by atoms with E-state index in [1.807, 2.05) is 43.3 Å². The Labute approximate surface area is 150 Å². The number of hydrogen-bond donors (Lipinski definition) is 1. The minimum Gasteiger partial charge on any atom is -0.497 e. The molecule has 1 N–H and O–H groups in total. The Kier molecular flexibility index (Phi) is 5.95. The highest BCUT2D eigenvalue weighted by atomic mass is 16.5. The van der Waals surface area contributed by atoms with Gasteiger partial charge in [0.1, 0.15) is 24.2 Å². The summed E-state index contributed by atoms with van der Waals surface area (Å²) in [7, 11) is 1.68. The monoisotopic (exact) mass is 341 g/mol. The first kappa shape index (κ1) is 17.8. The minimum atomic E-state index is -0.509. The molecule has 0 saturated heterocycles. The zero-order valence-corrected chi connectivity index (χ0v) is 15.0. The fourth-order valence-corrected chi connectivity index (χ4v) is 3.02. The number of aliphatic hydroxyl groups excluding tert-OH is 1. The SMILES string of the molecule is COc1cccc(CN(C[C@@H](O)COc2ccccc2C)C2CC2)c1. The molecule has 0 amide bonds. The molecule has 4 heteroatoms. The Bertz CT molecular complexity index is 684. The third-order valence-electron chi connectivity index (χ3n) is 4.55. The molecule has 0 unspecified atom stereocenters. The summed E-state index contributed by atoms with van der Waals surface area (Å²) >= 11 is 0. The van der Waals surface area contributed by atoms with Crippen molar-refractivity contribution in [1.82, 2.24) is 4.90 Å². The molecule has 2 aromatic rings. The Morgan fingerprint density at radius 2 is 1.96 bits per heavy atom. The van der Waals surface area contributed by atoms with Gasteiger partial charge in [-0.1, -0.05) is 30.3 Å². The van der Waals surface area contributed by atoms with E-state index in [0.717, 1.165) is 23.6 Å². The average molecular weight is 341 g/mol. The number of aliphatic hydroxyl groups is 1. The summed E-state index contributed by atoms with van der Waals surface area (Å²) in [6, 6.07) is 16.6. The standard InChI is InChI=1S/C21H27NO3/c1-16-6-3-4-9-21(16)25-15-19(23)14-22(18-10-11-18)13-17-7-5-8-20(12-17)24-2/h3-9,12,18-19,23H,10-11,13-15H2,1-2H3/t19-/m1/s1. The number of nitrogens with zero attached hydrogens (tertiary/aromatic N) is 1. The lowest BCUT2D eigenvalue weighted by molar-refractivity contribution is 0.0624. The van der Waals surface area contributed by atoms with Crippen LogP contribution in [0.4, 0.5) is 0 Å². The molecule has 0 spiro atoms. The highest BCUT2D eigenvalue weighted by Gasteiger charge is 2.30. The number of para-hydroxylation sites is 1. The van der Waals surface area contributed by atoms with E-state index in [-0.39, 0.29) is 0 Å². The average Bonchev–Trinajstić information content (AvgIpc) is 3.46. The number of methoxy groups -OCH3 is 1. The second-order valence-electron chi connectivity index (χ2n) is 6.74. The molecule has 134 valence electrons. The molecule has 3 rings (SSSR count). The van der Waals surface area contributed by atoms with Gasteiger partial charge >= 0.3 is 0 Å². The van der Waals surface area contributed by atoms with Crippen LogP contribution in [0.1, 0.15) is 24.0 Å². The molecular weight excluding hydrogens is 314 g/mol. The van der Waals surface area contributed by atoms with E-state index in [0.29, 0.717) is 19.2 Å². The molecule has 1 atom stereocenters. The minimum absolute atomic E-state index is 0.312. The van der Waals surface area contributed by atoms with Gasteiger partial charge in [0.2, 0.25) is 0 Å². The lowest BCUT2D eigenvalue weighted by atomic mass is 10.2. The van der Waals surface area contributed by atoms with Crippen molar-refractivity contribution < 1.29 is 14.6 Å². The van der Waals surface area contributed by atoms with Crippen molar-refractivity contribution >= 4 is 0 Å². The fraction of sp³-hybridized carbons (Fsp3) is 0.429. The summed E-state index contributed by atoms with van der Waals surface area (Å²) in [6.45, 7) is 3.77. The van der Waals surface area contributed by atoms with Crippen LogP contribution in [0.25, 0.3) is 0 Å². The van der Waals surface area contributed by atoms with Crippen LogP contribution in [-0.4, -0.2) is 42.4 Å². The first-order valence-electron chi connectivity index (χ1n) is 8.89. The maximum atomic E-state index is 10.4. The van der Waals surface area contributed by atoms with Crippen molar-refractivity contribution in [3.8, 4) is 11.5 Å². The molecule has 0 aliphatic heterocycles. The summed E-state index contributed by atoms with van der Waals surface area (Å²) in [4.78, 5) is 2.35. The van der Waals surface area contributed by atoms with Gasteiger partial charge in [0, 0.05) is 19.1 Å². The largest absolute Gasteiger partial charge is 0.497 e. The molecule has 0 radical (unpaired) electrons. The molecule has 0 heterocycles. The summed E-state index contributed by atoms with van der Waals surface area (Å²) in [5.41, 5.74) is 2.29. The van der Waals surface area contributed by atoms with Crippen molar-refractivity contribution in [1.29, 1.82) is 0 Å². The molecule has 1 fully saturated rings. The maximum absolute atomic E-state index is 10.4. The molecule has 0 aromatic heterocycles. The summed E-state index contributed by atoms with van der Waals surface area (Å²) < 4.78 is 11.1. The molecule has 25 heavy (non-hydrogen) atoms. The van der Waals surface area contributed by atoms with Gasteiger partial charge in [0.15, 0.2) is 0 Å². The van der Waals surface area contributed by atoms with Gasteiger partial charge in [-0.25, -0.2) is 0 Å². The second-order valence-corrected chi connectivity index (χ2v) is 6.74. The molecule has 1 aliphatic carbocycles. The van der Waals surface area contributed by atoms with Crippen LogP contribution < -0.4 is 9.47 Å². The van der Waals surface area contributed by atoms with Gasteiger partial charge in [-0.3, -0.25) is 4.90 Å². The van der Waals surface area contributed by atoms with Gasteiger partial charge in [-0.15, -0.1) is 0 Å². The van der Waals surface area contributed by atoms with Crippen LogP contribution in [0.5, 0.6) is 11.5 Å². The smallest absolute Gasteiger partial charge is 0.122 e. The topological polar surface area (TPSA) is 41.9 Å². The van der Waals surface area contributed by atoms with E-state index < -0.39 is 6.10 Å². The zero-order valence-electron chi connectivity index (χ0n) is 15.0. The van der Waals surface area contributed by atoms with Crippen molar-refractivity contribution in [3.63, 3.8) is 0 Å². The third kappa shape index (κ3) is 5.21. The quantitative estimate of drug-likeness (QED) is 0.759. The Morgan fingerprint density at radius 1 is 1.16 bits per heavy atom. The Morgan fingerprint density at radius 3 is 2.68 bits per heavy atom. The Balaban J connectivity index is 1.55. The van der Waals surface area contributed by atoms with E-state index in [2.05, 4.69) is 17.0 Å². The number of hydrogen-bond acceptors (Lipinski definition) is 4. The molecule has 0 bridgehead atoms. The first-order valence-corrected chi connectivity index (χ1v) is 8.89. The van der Waals surface area contributed by atoms with E-state index in [9.17, 15) is 5.11 Å². The van der Waals surface area contributed by atoms with E-state index in [1.54, 1.807) is 7.11 Å². The van der Waals surface area contributed by atoms with Gasteiger partial charge < -0.3 is 14.6 Å². The van der Waals surface area contributed by atoms with Gasteiger partial charge in [-0.05, 0) is 49.1 Å². The molecule has 1 saturated carbocycles. The number of benzene rings is 2. The summed E-state index contributed by atoms with van der Waals surface area (Å²) in [5.74, 6) is 1.71. The van der Waals surface area contributed by atoms with Crippen LogP contribution in [0.3, 0.4) is 0 Å². The van der Waals surface area contributed by atoms with Gasteiger partial charge in [0.25, 0.3) is 0 Å². The predicted octanol–water partition coefficient (Wildman–Crippen LogP) is 3.41.